The van der Waals surface area contributed by atoms with Gasteiger partial charge in [-0.05, 0) is 61.5 Å². The van der Waals surface area contributed by atoms with Crippen LogP contribution < -0.4 is 5.32 Å². The fourth-order valence-corrected chi connectivity index (χ4v) is 4.59. The van der Waals surface area contributed by atoms with Gasteiger partial charge in [-0.1, -0.05) is 18.5 Å². The number of esters is 1. The van der Waals surface area contributed by atoms with Gasteiger partial charge in [0.05, 0.1) is 22.1 Å². The van der Waals surface area contributed by atoms with Crippen LogP contribution in [0.4, 0.5) is 10.5 Å². The van der Waals surface area contributed by atoms with E-state index < -0.39 is 29.6 Å². The highest BCUT2D eigenvalue weighted by atomic mass is 35.5. The summed E-state index contributed by atoms with van der Waals surface area (Å²) in [6.07, 6.45) is 2.31. The van der Waals surface area contributed by atoms with Gasteiger partial charge in [0.2, 0.25) is 5.91 Å². The van der Waals surface area contributed by atoms with E-state index in [9.17, 15) is 19.2 Å². The molecular formula is C21H19ClN2O5S2. The van der Waals surface area contributed by atoms with Gasteiger partial charge in [-0.25, -0.2) is 4.79 Å². The first-order valence-corrected chi connectivity index (χ1v) is 11.4. The van der Waals surface area contributed by atoms with E-state index in [0.29, 0.717) is 12.1 Å². The second-order valence-electron chi connectivity index (χ2n) is 6.59. The smallest absolute Gasteiger partial charge is 0.339 e. The number of carbonyl (C=O) groups excluding carboxylic acids is 4. The van der Waals surface area contributed by atoms with Gasteiger partial charge in [-0.15, -0.1) is 11.3 Å². The zero-order valence-electron chi connectivity index (χ0n) is 16.8. The Morgan fingerprint density at radius 1 is 1.23 bits per heavy atom. The van der Waals surface area contributed by atoms with Crippen molar-refractivity contribution in [1.29, 1.82) is 0 Å². The Kier molecular flexibility index (Phi) is 7.53. The number of halogens is 1. The molecule has 2 aromatic rings. The standard InChI is InChI=1S/C21H19ClN2O5S2/c1-3-8-29-20(27)15-9-13(5-7-16(15)22)23-18(25)11-24-19(26)17(31-21(24)28)10-14-6-4-12(2)30-14/h4-7,9-10H,3,8,11H2,1-2H3,(H,23,25)/b17-10+. The average molecular weight is 479 g/mol. The lowest BCUT2D eigenvalue weighted by molar-refractivity contribution is -0.127. The summed E-state index contributed by atoms with van der Waals surface area (Å²) in [7, 11) is 0. The van der Waals surface area contributed by atoms with Crippen molar-refractivity contribution in [2.75, 3.05) is 18.5 Å². The van der Waals surface area contributed by atoms with Crippen molar-refractivity contribution in [3.63, 3.8) is 0 Å². The minimum absolute atomic E-state index is 0.119. The van der Waals surface area contributed by atoms with Crippen molar-refractivity contribution >= 4 is 69.5 Å². The van der Waals surface area contributed by atoms with Crippen molar-refractivity contribution in [1.82, 2.24) is 4.90 Å². The number of benzene rings is 1. The van der Waals surface area contributed by atoms with Crippen LogP contribution in [-0.2, 0) is 14.3 Å². The van der Waals surface area contributed by atoms with Crippen LogP contribution in [0.5, 0.6) is 0 Å². The van der Waals surface area contributed by atoms with Crippen LogP contribution in [0, 0.1) is 6.92 Å². The minimum atomic E-state index is -0.595. The lowest BCUT2D eigenvalue weighted by atomic mass is 10.2. The minimum Gasteiger partial charge on any atom is -0.462 e. The topological polar surface area (TPSA) is 92.8 Å². The fraction of sp³-hybridized carbons (Fsp3) is 0.238. The number of thioether (sulfide) groups is 1. The highest BCUT2D eigenvalue weighted by Crippen LogP contribution is 2.33. The molecule has 1 aromatic carbocycles. The molecule has 7 nitrogen and oxygen atoms in total. The van der Waals surface area contributed by atoms with E-state index >= 15 is 0 Å². The van der Waals surface area contributed by atoms with Crippen molar-refractivity contribution in [3.05, 3.63) is 55.6 Å². The van der Waals surface area contributed by atoms with Gasteiger partial charge >= 0.3 is 5.97 Å². The van der Waals surface area contributed by atoms with Gasteiger partial charge in [0.1, 0.15) is 6.54 Å². The Morgan fingerprint density at radius 3 is 2.68 bits per heavy atom. The molecular weight excluding hydrogens is 460 g/mol. The van der Waals surface area contributed by atoms with E-state index in [1.165, 1.54) is 29.5 Å². The lowest BCUT2D eigenvalue weighted by Gasteiger charge is -2.13. The first kappa shape index (κ1) is 23.1. The van der Waals surface area contributed by atoms with Crippen molar-refractivity contribution in [2.24, 2.45) is 0 Å². The molecule has 10 heteroatoms. The monoisotopic (exact) mass is 478 g/mol. The summed E-state index contributed by atoms with van der Waals surface area (Å²) in [6, 6.07) is 8.16. The molecule has 0 saturated carbocycles. The number of rotatable bonds is 7. The summed E-state index contributed by atoms with van der Waals surface area (Å²) in [6.45, 7) is 3.63. The normalized spacial score (nSPS) is 14.9. The van der Waals surface area contributed by atoms with Crippen LogP contribution in [0.1, 0.15) is 33.5 Å². The maximum atomic E-state index is 12.6. The Balaban J connectivity index is 1.67. The molecule has 0 aliphatic carbocycles. The third-order valence-electron chi connectivity index (χ3n) is 4.12. The molecule has 1 N–H and O–H groups in total. The molecule has 0 bridgehead atoms. The second kappa shape index (κ2) is 10.1. The van der Waals surface area contributed by atoms with E-state index in [-0.39, 0.29) is 22.1 Å². The summed E-state index contributed by atoms with van der Waals surface area (Å²) >= 11 is 8.35. The van der Waals surface area contributed by atoms with Gasteiger partial charge in [0.25, 0.3) is 11.1 Å². The predicted octanol–water partition coefficient (Wildman–Crippen LogP) is 4.95. The average Bonchev–Trinajstić information content (AvgIpc) is 3.25. The summed E-state index contributed by atoms with van der Waals surface area (Å²) in [4.78, 5) is 52.4. The highest BCUT2D eigenvalue weighted by molar-refractivity contribution is 8.18. The quantitative estimate of drug-likeness (QED) is 0.447. The number of carbonyl (C=O) groups is 4. The van der Waals surface area contributed by atoms with Gasteiger partial charge in [-0.3, -0.25) is 19.3 Å². The molecule has 3 rings (SSSR count). The number of thiophene rings is 1. The van der Waals surface area contributed by atoms with E-state index in [1.807, 2.05) is 26.0 Å². The third-order valence-corrected chi connectivity index (χ3v) is 6.30. The number of aryl methyl sites for hydroxylation is 1. The lowest BCUT2D eigenvalue weighted by Crippen LogP contribution is -2.36. The molecule has 0 unspecified atom stereocenters. The van der Waals surface area contributed by atoms with Crippen LogP contribution in [0.25, 0.3) is 6.08 Å². The van der Waals surface area contributed by atoms with Crippen LogP contribution in [0.3, 0.4) is 0 Å². The number of amides is 3. The summed E-state index contributed by atoms with van der Waals surface area (Å²) in [5, 5.41) is 2.26. The zero-order chi connectivity index (χ0) is 22.5. The molecule has 1 aromatic heterocycles. The highest BCUT2D eigenvalue weighted by Gasteiger charge is 2.36. The Morgan fingerprint density at radius 2 is 2.00 bits per heavy atom. The molecule has 0 radical (unpaired) electrons. The molecule has 31 heavy (non-hydrogen) atoms. The third kappa shape index (κ3) is 5.75. The predicted molar refractivity (Wildman–Crippen MR) is 122 cm³/mol. The second-order valence-corrected chi connectivity index (χ2v) is 9.31. The number of hydrogen-bond donors (Lipinski definition) is 1. The Bertz CT molecular complexity index is 1080. The Hall–Kier alpha value is -2.62. The Labute approximate surface area is 192 Å². The summed E-state index contributed by atoms with van der Waals surface area (Å²) in [5.41, 5.74) is 0.419. The molecule has 2 heterocycles. The molecule has 0 spiro atoms. The molecule has 0 atom stereocenters. The van der Waals surface area contributed by atoms with Crippen LogP contribution in [0.2, 0.25) is 5.02 Å². The maximum Gasteiger partial charge on any atom is 0.339 e. The summed E-state index contributed by atoms with van der Waals surface area (Å²) < 4.78 is 5.07. The number of hydrogen-bond acceptors (Lipinski definition) is 7. The molecule has 3 amide bonds. The van der Waals surface area contributed by atoms with E-state index in [0.717, 1.165) is 26.4 Å². The summed E-state index contributed by atoms with van der Waals surface area (Å²) in [5.74, 6) is -1.69. The van der Waals surface area contributed by atoms with Crippen molar-refractivity contribution < 1.29 is 23.9 Å². The van der Waals surface area contributed by atoms with Gasteiger partial charge in [0.15, 0.2) is 0 Å². The van der Waals surface area contributed by atoms with Gasteiger partial charge in [0, 0.05) is 15.4 Å². The van der Waals surface area contributed by atoms with Crippen molar-refractivity contribution in [3.8, 4) is 0 Å². The maximum absolute atomic E-state index is 12.6. The van der Waals surface area contributed by atoms with Gasteiger partial charge in [-0.2, -0.15) is 0 Å². The first-order chi connectivity index (χ1) is 14.8. The molecule has 1 aliphatic rings. The van der Waals surface area contributed by atoms with Crippen LogP contribution in [0.15, 0.2) is 35.2 Å². The van der Waals surface area contributed by atoms with E-state index in [4.69, 9.17) is 16.3 Å². The number of imide groups is 1. The molecule has 1 saturated heterocycles. The number of nitrogens with zero attached hydrogens (tertiary/aromatic N) is 1. The van der Waals surface area contributed by atoms with Gasteiger partial charge < -0.3 is 10.1 Å². The molecule has 1 fully saturated rings. The fourth-order valence-electron chi connectivity index (χ4n) is 2.67. The number of anilines is 1. The zero-order valence-corrected chi connectivity index (χ0v) is 19.2. The number of nitrogens with one attached hydrogen (secondary N) is 1. The van der Waals surface area contributed by atoms with E-state index in [2.05, 4.69) is 5.32 Å². The van der Waals surface area contributed by atoms with E-state index in [1.54, 1.807) is 6.08 Å². The van der Waals surface area contributed by atoms with Crippen molar-refractivity contribution in [2.45, 2.75) is 20.3 Å². The number of ether oxygens (including phenoxy) is 1. The van der Waals surface area contributed by atoms with Crippen LogP contribution >= 0.6 is 34.7 Å². The molecule has 162 valence electrons. The first-order valence-electron chi connectivity index (χ1n) is 9.36. The van der Waals surface area contributed by atoms with Crippen LogP contribution in [-0.4, -0.2) is 41.1 Å². The SMILES string of the molecule is CCCOC(=O)c1cc(NC(=O)CN2C(=O)S/C(=C/c3ccc(C)s3)C2=O)ccc1Cl. The molecule has 1 aliphatic heterocycles. The largest absolute Gasteiger partial charge is 0.462 e.